The standard InChI is InChI=1S/C18H15ClFNO4/c19-13-4-3-5-14(20)12(13)11-25-18(23)10-21-15-6-1-2-7-16(15)24-9-8-17(21)22/h1-7H,8-11H2. The van der Waals surface area contributed by atoms with Crippen LogP contribution in [0.3, 0.4) is 0 Å². The summed E-state index contributed by atoms with van der Waals surface area (Å²) in [5.74, 6) is -0.932. The van der Waals surface area contributed by atoms with Gasteiger partial charge in [-0.2, -0.15) is 0 Å². The molecule has 7 heteroatoms. The fourth-order valence-electron chi connectivity index (χ4n) is 2.49. The Labute approximate surface area is 148 Å². The second-order valence-corrected chi connectivity index (χ2v) is 5.81. The first kappa shape index (κ1) is 17.2. The van der Waals surface area contributed by atoms with Crippen LogP contribution in [0, 0.1) is 5.82 Å². The second-order valence-electron chi connectivity index (χ2n) is 5.41. The predicted molar refractivity (Wildman–Crippen MR) is 90.1 cm³/mol. The molecule has 0 radical (unpaired) electrons. The molecule has 0 unspecified atom stereocenters. The summed E-state index contributed by atoms with van der Waals surface area (Å²) in [4.78, 5) is 25.7. The van der Waals surface area contributed by atoms with Crippen molar-refractivity contribution in [3.63, 3.8) is 0 Å². The quantitative estimate of drug-likeness (QED) is 0.782. The van der Waals surface area contributed by atoms with Crippen molar-refractivity contribution in [1.82, 2.24) is 0 Å². The predicted octanol–water partition coefficient (Wildman–Crippen LogP) is 3.34. The molecule has 25 heavy (non-hydrogen) atoms. The lowest BCUT2D eigenvalue weighted by molar-refractivity contribution is -0.144. The topological polar surface area (TPSA) is 55.8 Å². The van der Waals surface area contributed by atoms with Crippen molar-refractivity contribution in [2.45, 2.75) is 13.0 Å². The molecule has 2 aromatic carbocycles. The van der Waals surface area contributed by atoms with E-state index in [1.807, 2.05) is 0 Å². The third-order valence-corrected chi connectivity index (χ3v) is 4.11. The van der Waals surface area contributed by atoms with Gasteiger partial charge in [0.25, 0.3) is 0 Å². The number of carbonyl (C=O) groups excluding carboxylic acids is 2. The van der Waals surface area contributed by atoms with Crippen LogP contribution in [-0.4, -0.2) is 25.0 Å². The maximum atomic E-state index is 13.7. The van der Waals surface area contributed by atoms with E-state index in [2.05, 4.69) is 0 Å². The van der Waals surface area contributed by atoms with Gasteiger partial charge in [-0.25, -0.2) is 4.39 Å². The molecular formula is C18H15ClFNO4. The van der Waals surface area contributed by atoms with Crippen LogP contribution in [0.2, 0.25) is 5.02 Å². The SMILES string of the molecule is O=C(CN1C(=O)CCOc2ccccc21)OCc1c(F)cccc1Cl. The summed E-state index contributed by atoms with van der Waals surface area (Å²) < 4.78 is 24.3. The second kappa shape index (κ2) is 7.53. The van der Waals surface area contributed by atoms with Crippen molar-refractivity contribution in [2.75, 3.05) is 18.1 Å². The van der Waals surface area contributed by atoms with E-state index >= 15 is 0 Å². The van der Waals surface area contributed by atoms with E-state index in [-0.39, 0.29) is 42.7 Å². The highest BCUT2D eigenvalue weighted by atomic mass is 35.5. The van der Waals surface area contributed by atoms with Gasteiger partial charge in [-0.3, -0.25) is 14.5 Å². The number of benzene rings is 2. The lowest BCUT2D eigenvalue weighted by Gasteiger charge is -2.21. The molecule has 130 valence electrons. The Hall–Kier alpha value is -2.60. The van der Waals surface area contributed by atoms with Crippen molar-refractivity contribution in [2.24, 2.45) is 0 Å². The zero-order valence-corrected chi connectivity index (χ0v) is 14.0. The van der Waals surface area contributed by atoms with Gasteiger partial charge in [0.1, 0.15) is 24.7 Å². The molecule has 1 heterocycles. The van der Waals surface area contributed by atoms with Gasteiger partial charge in [0.2, 0.25) is 5.91 Å². The van der Waals surface area contributed by atoms with Crippen LogP contribution in [-0.2, 0) is 20.9 Å². The molecule has 2 aromatic rings. The van der Waals surface area contributed by atoms with Gasteiger partial charge in [0, 0.05) is 5.56 Å². The van der Waals surface area contributed by atoms with E-state index in [1.165, 1.54) is 23.1 Å². The van der Waals surface area contributed by atoms with Crippen LogP contribution in [0.1, 0.15) is 12.0 Å². The molecule has 0 spiro atoms. The summed E-state index contributed by atoms with van der Waals surface area (Å²) in [6.07, 6.45) is 0.154. The molecule has 0 saturated heterocycles. The Balaban J connectivity index is 1.71. The number of rotatable bonds is 4. The average molecular weight is 364 g/mol. The highest BCUT2D eigenvalue weighted by molar-refractivity contribution is 6.31. The zero-order valence-electron chi connectivity index (χ0n) is 13.2. The van der Waals surface area contributed by atoms with Crippen molar-refractivity contribution in [3.8, 4) is 5.75 Å². The Morgan fingerprint density at radius 2 is 2.04 bits per heavy atom. The molecule has 0 fully saturated rings. The van der Waals surface area contributed by atoms with Crippen LogP contribution in [0.4, 0.5) is 10.1 Å². The molecule has 0 aromatic heterocycles. The van der Waals surface area contributed by atoms with E-state index in [1.54, 1.807) is 24.3 Å². The fraction of sp³-hybridized carbons (Fsp3) is 0.222. The van der Waals surface area contributed by atoms with E-state index in [4.69, 9.17) is 21.1 Å². The Bertz CT molecular complexity index is 791. The van der Waals surface area contributed by atoms with Gasteiger partial charge in [0.15, 0.2) is 0 Å². The monoisotopic (exact) mass is 363 g/mol. The number of hydrogen-bond acceptors (Lipinski definition) is 4. The Kier molecular flexibility index (Phi) is 5.19. The minimum Gasteiger partial charge on any atom is -0.491 e. The molecule has 0 saturated carbocycles. The van der Waals surface area contributed by atoms with Crippen LogP contribution in [0.5, 0.6) is 5.75 Å². The molecule has 0 atom stereocenters. The smallest absolute Gasteiger partial charge is 0.326 e. The highest BCUT2D eigenvalue weighted by Gasteiger charge is 2.25. The zero-order chi connectivity index (χ0) is 17.8. The first-order chi connectivity index (χ1) is 12.1. The lowest BCUT2D eigenvalue weighted by atomic mass is 10.2. The van der Waals surface area contributed by atoms with Gasteiger partial charge >= 0.3 is 5.97 Å². The highest BCUT2D eigenvalue weighted by Crippen LogP contribution is 2.30. The number of nitrogens with zero attached hydrogens (tertiary/aromatic N) is 1. The van der Waals surface area contributed by atoms with Gasteiger partial charge in [-0.1, -0.05) is 29.8 Å². The average Bonchev–Trinajstić information content (AvgIpc) is 2.74. The summed E-state index contributed by atoms with van der Waals surface area (Å²) in [5.41, 5.74) is 0.606. The number of ether oxygens (including phenoxy) is 2. The van der Waals surface area contributed by atoms with Gasteiger partial charge in [-0.15, -0.1) is 0 Å². The van der Waals surface area contributed by atoms with Crippen LogP contribution < -0.4 is 9.64 Å². The van der Waals surface area contributed by atoms with Gasteiger partial charge in [-0.05, 0) is 24.3 Å². The first-order valence-corrected chi connectivity index (χ1v) is 8.05. The molecule has 0 bridgehead atoms. The largest absolute Gasteiger partial charge is 0.491 e. The summed E-state index contributed by atoms with van der Waals surface area (Å²) >= 11 is 5.90. The summed E-state index contributed by atoms with van der Waals surface area (Å²) in [5, 5.41) is 0.178. The summed E-state index contributed by atoms with van der Waals surface area (Å²) in [6.45, 7) is -0.345. The van der Waals surface area contributed by atoms with Crippen LogP contribution >= 0.6 is 11.6 Å². The lowest BCUT2D eigenvalue weighted by Crippen LogP contribution is -2.36. The minimum absolute atomic E-state index is 0.100. The normalized spacial score (nSPS) is 13.7. The number of fused-ring (bicyclic) bond motifs is 1. The summed E-state index contributed by atoms with van der Waals surface area (Å²) in [7, 11) is 0. The van der Waals surface area contributed by atoms with Gasteiger partial charge < -0.3 is 9.47 Å². The number of amides is 1. The first-order valence-electron chi connectivity index (χ1n) is 7.67. The van der Waals surface area contributed by atoms with Crippen LogP contribution in [0.25, 0.3) is 0 Å². The number of carbonyl (C=O) groups is 2. The Morgan fingerprint density at radius 3 is 2.84 bits per heavy atom. The molecule has 5 nitrogen and oxygen atoms in total. The number of esters is 1. The summed E-state index contributed by atoms with van der Waals surface area (Å²) in [6, 6.07) is 11.2. The van der Waals surface area contributed by atoms with E-state index in [0.29, 0.717) is 11.4 Å². The third-order valence-electron chi connectivity index (χ3n) is 3.76. The van der Waals surface area contributed by atoms with Crippen molar-refractivity contribution in [3.05, 3.63) is 58.9 Å². The van der Waals surface area contributed by atoms with Crippen molar-refractivity contribution in [1.29, 1.82) is 0 Å². The molecular weight excluding hydrogens is 349 g/mol. The molecule has 0 N–H and O–H groups in total. The maximum absolute atomic E-state index is 13.7. The van der Waals surface area contributed by atoms with E-state index in [9.17, 15) is 14.0 Å². The van der Waals surface area contributed by atoms with Crippen LogP contribution in [0.15, 0.2) is 42.5 Å². The fourth-order valence-corrected chi connectivity index (χ4v) is 2.71. The number of hydrogen-bond donors (Lipinski definition) is 0. The number of anilines is 1. The number of para-hydroxylation sites is 2. The maximum Gasteiger partial charge on any atom is 0.326 e. The molecule has 0 aliphatic carbocycles. The minimum atomic E-state index is -0.663. The van der Waals surface area contributed by atoms with Crippen molar-refractivity contribution < 1.29 is 23.5 Å². The molecule has 1 aliphatic rings. The van der Waals surface area contributed by atoms with E-state index in [0.717, 1.165) is 0 Å². The number of halogens is 2. The third kappa shape index (κ3) is 3.91. The van der Waals surface area contributed by atoms with E-state index < -0.39 is 11.8 Å². The van der Waals surface area contributed by atoms with Crippen molar-refractivity contribution >= 4 is 29.2 Å². The van der Waals surface area contributed by atoms with Gasteiger partial charge in [0.05, 0.1) is 23.7 Å². The molecule has 1 amide bonds. The molecule has 1 aliphatic heterocycles. The molecule has 3 rings (SSSR count). The Morgan fingerprint density at radius 1 is 1.24 bits per heavy atom.